The van der Waals surface area contributed by atoms with Crippen LogP contribution in [0.4, 0.5) is 14.7 Å². The number of fused-ring (bicyclic) bond motifs is 1. The average molecular weight is 474 g/mol. The van der Waals surface area contributed by atoms with Gasteiger partial charge in [-0.15, -0.1) is 0 Å². The van der Waals surface area contributed by atoms with Crippen molar-refractivity contribution in [2.45, 2.75) is 32.9 Å². The monoisotopic (exact) mass is 473 g/mol. The number of halogens is 3. The number of anilines is 1. The smallest absolute Gasteiger partial charge is 0.227 e. The van der Waals surface area contributed by atoms with Gasteiger partial charge < -0.3 is 15.8 Å². The minimum atomic E-state index is -0.678. The maximum absolute atomic E-state index is 14.0. The molecule has 0 bridgehead atoms. The number of nitrogens with zero attached hydrogens (tertiary/aromatic N) is 5. The van der Waals surface area contributed by atoms with Crippen molar-refractivity contribution in [3.8, 4) is 17.3 Å². The molecule has 0 saturated carbocycles. The van der Waals surface area contributed by atoms with Gasteiger partial charge in [-0.3, -0.25) is 4.40 Å². The van der Waals surface area contributed by atoms with E-state index in [0.29, 0.717) is 35.2 Å². The van der Waals surface area contributed by atoms with Crippen LogP contribution in [-0.4, -0.2) is 36.4 Å². The van der Waals surface area contributed by atoms with Gasteiger partial charge in [-0.05, 0) is 56.6 Å². The summed E-state index contributed by atoms with van der Waals surface area (Å²) in [5.41, 5.74) is 7.00. The van der Waals surface area contributed by atoms with Gasteiger partial charge in [0.25, 0.3) is 0 Å². The molecule has 0 radical (unpaired) electrons. The second-order valence-corrected chi connectivity index (χ2v) is 8.53. The van der Waals surface area contributed by atoms with Crippen LogP contribution >= 0.6 is 11.6 Å². The normalized spacial score (nSPS) is 11.7. The molecule has 0 fully saturated rings. The molecule has 33 heavy (non-hydrogen) atoms. The van der Waals surface area contributed by atoms with E-state index in [0.717, 1.165) is 0 Å². The van der Waals surface area contributed by atoms with Gasteiger partial charge in [0.15, 0.2) is 17.2 Å². The number of rotatable bonds is 7. The van der Waals surface area contributed by atoms with Crippen LogP contribution < -0.4 is 15.8 Å². The standard InChI is InChI=1S/C22H22ClF2N7O/c1-12-17(18-29-20(23)31-21(30-18)27-11-22(2,3)26)32-9-5-8-16(19(32)28-12)33-10-13-14(24)6-4-7-15(13)25/h4-9H,10-11,26H2,1-3H3,(H,27,29,30,31). The highest BCUT2D eigenvalue weighted by molar-refractivity contribution is 6.28. The first-order valence-corrected chi connectivity index (χ1v) is 10.5. The van der Waals surface area contributed by atoms with Gasteiger partial charge in [0.05, 0.1) is 11.3 Å². The Hall–Kier alpha value is -3.37. The van der Waals surface area contributed by atoms with E-state index in [1.807, 2.05) is 13.8 Å². The molecule has 0 unspecified atom stereocenters. The number of pyridine rings is 1. The predicted octanol–water partition coefficient (Wildman–Crippen LogP) is 4.15. The molecule has 172 valence electrons. The predicted molar refractivity (Wildman–Crippen MR) is 121 cm³/mol. The molecule has 3 aromatic heterocycles. The van der Waals surface area contributed by atoms with E-state index in [9.17, 15) is 8.78 Å². The Labute approximate surface area is 193 Å². The van der Waals surface area contributed by atoms with Crippen molar-refractivity contribution in [3.63, 3.8) is 0 Å². The molecule has 0 atom stereocenters. The number of nitrogens with two attached hydrogens (primary N) is 1. The fourth-order valence-electron chi connectivity index (χ4n) is 3.20. The quantitative estimate of drug-likeness (QED) is 0.415. The lowest BCUT2D eigenvalue weighted by Gasteiger charge is -2.18. The van der Waals surface area contributed by atoms with Crippen molar-refractivity contribution < 1.29 is 13.5 Å². The molecule has 0 spiro atoms. The highest BCUT2D eigenvalue weighted by Gasteiger charge is 2.20. The van der Waals surface area contributed by atoms with Crippen molar-refractivity contribution in [1.82, 2.24) is 24.3 Å². The van der Waals surface area contributed by atoms with Crippen LogP contribution in [0.15, 0.2) is 36.5 Å². The molecule has 4 rings (SSSR count). The van der Waals surface area contributed by atoms with Gasteiger partial charge in [-0.25, -0.2) is 13.8 Å². The van der Waals surface area contributed by atoms with E-state index >= 15 is 0 Å². The van der Waals surface area contributed by atoms with Crippen molar-refractivity contribution in [3.05, 3.63) is 64.7 Å². The summed E-state index contributed by atoms with van der Waals surface area (Å²) in [5, 5.41) is 3.07. The molecule has 0 aliphatic carbocycles. The highest BCUT2D eigenvalue weighted by atomic mass is 35.5. The lowest BCUT2D eigenvalue weighted by Crippen LogP contribution is -2.40. The maximum atomic E-state index is 14.0. The van der Waals surface area contributed by atoms with Gasteiger partial charge in [-0.2, -0.15) is 15.0 Å². The maximum Gasteiger partial charge on any atom is 0.227 e. The first-order chi connectivity index (χ1) is 15.6. The molecular weight excluding hydrogens is 452 g/mol. The minimum absolute atomic E-state index is 0.00844. The van der Waals surface area contributed by atoms with Crippen LogP contribution in [0.3, 0.4) is 0 Å². The molecule has 3 N–H and O–H groups in total. The van der Waals surface area contributed by atoms with E-state index in [1.54, 1.807) is 29.7 Å². The Morgan fingerprint density at radius 2 is 1.82 bits per heavy atom. The summed E-state index contributed by atoms with van der Waals surface area (Å²) in [7, 11) is 0. The molecule has 4 aromatic rings. The van der Waals surface area contributed by atoms with E-state index in [2.05, 4.69) is 25.3 Å². The van der Waals surface area contributed by atoms with Gasteiger partial charge >= 0.3 is 0 Å². The largest absolute Gasteiger partial charge is 0.485 e. The van der Waals surface area contributed by atoms with Gasteiger partial charge in [0.2, 0.25) is 11.2 Å². The molecule has 0 aliphatic heterocycles. The molecule has 1 aromatic carbocycles. The number of ether oxygens (including phenoxy) is 1. The van der Waals surface area contributed by atoms with Gasteiger partial charge in [-0.1, -0.05) is 6.07 Å². The fourth-order valence-corrected chi connectivity index (χ4v) is 3.36. The number of benzene rings is 1. The summed E-state index contributed by atoms with van der Waals surface area (Å²) >= 11 is 6.14. The number of hydrogen-bond acceptors (Lipinski definition) is 7. The van der Waals surface area contributed by atoms with Crippen molar-refractivity contribution in [2.24, 2.45) is 5.73 Å². The zero-order valence-corrected chi connectivity index (χ0v) is 19.0. The summed E-state index contributed by atoms with van der Waals surface area (Å²) in [6, 6.07) is 7.06. The second-order valence-electron chi connectivity index (χ2n) is 8.19. The number of nitrogens with one attached hydrogen (secondary N) is 1. The summed E-state index contributed by atoms with van der Waals surface area (Å²) in [6.07, 6.45) is 1.76. The molecule has 11 heteroatoms. The average Bonchev–Trinajstić information content (AvgIpc) is 3.07. The summed E-state index contributed by atoms with van der Waals surface area (Å²) in [6.45, 7) is 5.65. The second kappa shape index (κ2) is 8.87. The topological polar surface area (TPSA) is 103 Å². The zero-order valence-electron chi connectivity index (χ0n) is 18.2. The van der Waals surface area contributed by atoms with Crippen LogP contribution in [-0.2, 0) is 6.61 Å². The van der Waals surface area contributed by atoms with Crippen molar-refractivity contribution in [2.75, 3.05) is 11.9 Å². The Bertz CT molecular complexity index is 1300. The van der Waals surface area contributed by atoms with Crippen LogP contribution in [0.1, 0.15) is 25.1 Å². The van der Waals surface area contributed by atoms with Gasteiger partial charge in [0.1, 0.15) is 23.9 Å². The number of aryl methyl sites for hydroxylation is 1. The molecular formula is C22H22ClF2N7O. The first kappa shape index (κ1) is 22.8. The lowest BCUT2D eigenvalue weighted by atomic mass is 10.1. The Balaban J connectivity index is 1.69. The van der Waals surface area contributed by atoms with Crippen LogP contribution in [0.2, 0.25) is 5.28 Å². The molecule has 3 heterocycles. The molecule has 8 nitrogen and oxygen atoms in total. The first-order valence-electron chi connectivity index (χ1n) is 10.1. The number of aromatic nitrogens is 5. The lowest BCUT2D eigenvalue weighted by molar-refractivity contribution is 0.294. The fraction of sp³-hybridized carbons (Fsp3) is 0.273. The highest BCUT2D eigenvalue weighted by Crippen LogP contribution is 2.29. The van der Waals surface area contributed by atoms with E-state index < -0.39 is 17.2 Å². The third-order valence-corrected chi connectivity index (χ3v) is 4.91. The molecule has 0 saturated heterocycles. The summed E-state index contributed by atoms with van der Waals surface area (Å²) in [4.78, 5) is 17.4. The Morgan fingerprint density at radius 1 is 1.09 bits per heavy atom. The van der Waals surface area contributed by atoms with Gasteiger partial charge in [0, 0.05) is 18.3 Å². The third kappa shape index (κ3) is 5.01. The minimum Gasteiger partial charge on any atom is -0.485 e. The SMILES string of the molecule is Cc1nc2c(OCc3c(F)cccc3F)cccn2c1-c1nc(Cl)nc(NCC(C)(C)N)n1. The van der Waals surface area contributed by atoms with Crippen molar-refractivity contribution in [1.29, 1.82) is 0 Å². The third-order valence-electron chi connectivity index (χ3n) is 4.74. The van der Waals surface area contributed by atoms with Crippen molar-refractivity contribution >= 4 is 23.2 Å². The summed E-state index contributed by atoms with van der Waals surface area (Å²) in [5.74, 6) is -0.432. The van der Waals surface area contributed by atoms with Crippen LogP contribution in [0.25, 0.3) is 17.2 Å². The zero-order chi connectivity index (χ0) is 23.8. The van der Waals surface area contributed by atoms with E-state index in [4.69, 9.17) is 22.1 Å². The van der Waals surface area contributed by atoms with Crippen LogP contribution in [0, 0.1) is 18.6 Å². The number of imidazole rings is 1. The van der Waals surface area contributed by atoms with Crippen LogP contribution in [0.5, 0.6) is 5.75 Å². The van der Waals surface area contributed by atoms with E-state index in [1.165, 1.54) is 18.2 Å². The summed E-state index contributed by atoms with van der Waals surface area (Å²) < 4.78 is 35.4. The molecule has 0 aliphatic rings. The Kier molecular flexibility index (Phi) is 6.13. The Morgan fingerprint density at radius 3 is 2.52 bits per heavy atom. The molecule has 0 amide bonds. The van der Waals surface area contributed by atoms with E-state index in [-0.39, 0.29) is 23.4 Å². The number of hydrogen-bond donors (Lipinski definition) is 2.